The van der Waals surface area contributed by atoms with Crippen LogP contribution in [0.2, 0.25) is 0 Å². The van der Waals surface area contributed by atoms with E-state index in [1.54, 1.807) is 0 Å². The average Bonchev–Trinajstić information content (AvgIpc) is 3.07. The Morgan fingerprint density at radius 1 is 0.458 bits per heavy atom. The van der Waals surface area contributed by atoms with Crippen LogP contribution in [0, 0.1) is 0 Å². The smallest absolute Gasteiger partial charge is 0.306 e. The molecule has 0 spiro atoms. The second kappa shape index (κ2) is 39.9. The summed E-state index contributed by atoms with van der Waals surface area (Å²) in [7, 11) is 0. The molecule has 0 amide bonds. The topological polar surface area (TPSA) is 63.6 Å². The minimum atomic E-state index is -0.691. The number of carboxylic acids is 1. The monoisotopic (exact) mass is 675 g/mol. The molecule has 0 saturated carbocycles. The number of carbonyl (C=O) groups excluding carboxylic acids is 1. The van der Waals surface area contributed by atoms with Crippen LogP contribution in [0.25, 0.3) is 0 Å². The fourth-order valence-electron chi connectivity index (χ4n) is 6.51. The Balaban J connectivity index is 4.03. The number of carboxylic acid groups (broad SMARTS) is 1. The van der Waals surface area contributed by atoms with Gasteiger partial charge in [-0.05, 0) is 70.6 Å². The van der Waals surface area contributed by atoms with Crippen LogP contribution in [-0.2, 0) is 14.3 Å². The maximum absolute atomic E-state index is 12.7. The molecule has 1 atom stereocenters. The Hall–Kier alpha value is -1.58. The summed E-state index contributed by atoms with van der Waals surface area (Å²) in [6.45, 7) is 4.53. The molecule has 0 aliphatic rings. The van der Waals surface area contributed by atoms with Gasteiger partial charge >= 0.3 is 11.9 Å². The van der Waals surface area contributed by atoms with Gasteiger partial charge in [0.05, 0.1) is 0 Å². The fraction of sp³-hybridized carbons (Fsp3) is 0.864. The fourth-order valence-corrected chi connectivity index (χ4v) is 6.51. The molecule has 0 aliphatic heterocycles. The summed E-state index contributed by atoms with van der Waals surface area (Å²) in [4.78, 5) is 23.4. The zero-order chi connectivity index (χ0) is 35.0. The van der Waals surface area contributed by atoms with Crippen LogP contribution in [0.1, 0.15) is 239 Å². The van der Waals surface area contributed by atoms with Crippen molar-refractivity contribution in [3.63, 3.8) is 0 Å². The molecule has 0 aromatic carbocycles. The zero-order valence-corrected chi connectivity index (χ0v) is 32.3. The normalized spacial score (nSPS) is 12.4. The molecule has 0 heterocycles. The lowest BCUT2D eigenvalue weighted by Crippen LogP contribution is -2.18. The molecule has 1 N–H and O–H groups in total. The summed E-state index contributed by atoms with van der Waals surface area (Å²) in [6, 6.07) is 0. The Bertz CT molecular complexity index is 727. The standard InChI is InChI=1S/C44H82O4/c1-3-5-7-9-11-13-15-17-18-19-20-21-23-25-27-33-37-41-44(47)48-42(39-35-31-28-29-32-36-40-43(45)46)38-34-30-26-24-22-16-14-12-10-8-6-4-2/h11,13,17-18,42H,3-10,12,14-16,19-41H2,1-2H3,(H,45,46)/b13-11-,18-17-. The molecule has 0 bridgehead atoms. The van der Waals surface area contributed by atoms with Gasteiger partial charge in [-0.2, -0.15) is 0 Å². The van der Waals surface area contributed by atoms with E-state index in [9.17, 15) is 9.59 Å². The second-order valence-corrected chi connectivity index (χ2v) is 14.5. The first-order valence-electron chi connectivity index (χ1n) is 21.3. The summed E-state index contributed by atoms with van der Waals surface area (Å²) in [6.07, 6.45) is 50.6. The van der Waals surface area contributed by atoms with Crippen LogP contribution < -0.4 is 0 Å². The number of hydrogen-bond acceptors (Lipinski definition) is 3. The van der Waals surface area contributed by atoms with E-state index < -0.39 is 5.97 Å². The minimum Gasteiger partial charge on any atom is -0.481 e. The number of hydrogen-bond donors (Lipinski definition) is 1. The lowest BCUT2D eigenvalue weighted by Gasteiger charge is -2.18. The van der Waals surface area contributed by atoms with Crippen molar-refractivity contribution < 1.29 is 19.4 Å². The van der Waals surface area contributed by atoms with Crippen molar-refractivity contribution >= 4 is 11.9 Å². The van der Waals surface area contributed by atoms with E-state index in [2.05, 4.69) is 38.2 Å². The highest BCUT2D eigenvalue weighted by Gasteiger charge is 2.14. The maximum Gasteiger partial charge on any atom is 0.306 e. The van der Waals surface area contributed by atoms with Gasteiger partial charge < -0.3 is 9.84 Å². The Labute approximate surface area is 299 Å². The summed E-state index contributed by atoms with van der Waals surface area (Å²) in [5, 5.41) is 8.80. The van der Waals surface area contributed by atoms with Crippen molar-refractivity contribution in [2.75, 3.05) is 0 Å². The second-order valence-electron chi connectivity index (χ2n) is 14.5. The van der Waals surface area contributed by atoms with Gasteiger partial charge in [-0.25, -0.2) is 0 Å². The van der Waals surface area contributed by atoms with Gasteiger partial charge in [0.1, 0.15) is 6.10 Å². The van der Waals surface area contributed by atoms with Crippen LogP contribution in [-0.4, -0.2) is 23.1 Å². The molecule has 0 radical (unpaired) electrons. The van der Waals surface area contributed by atoms with Crippen LogP contribution in [0.3, 0.4) is 0 Å². The number of rotatable bonds is 39. The first-order valence-corrected chi connectivity index (χ1v) is 21.3. The van der Waals surface area contributed by atoms with Gasteiger partial charge in [0.25, 0.3) is 0 Å². The highest BCUT2D eigenvalue weighted by Crippen LogP contribution is 2.19. The van der Waals surface area contributed by atoms with Crippen LogP contribution >= 0.6 is 0 Å². The molecule has 282 valence electrons. The van der Waals surface area contributed by atoms with Crippen LogP contribution in [0.4, 0.5) is 0 Å². The summed E-state index contributed by atoms with van der Waals surface area (Å²) >= 11 is 0. The van der Waals surface area contributed by atoms with Gasteiger partial charge in [-0.3, -0.25) is 9.59 Å². The van der Waals surface area contributed by atoms with Crippen molar-refractivity contribution in [3.8, 4) is 0 Å². The molecule has 1 unspecified atom stereocenters. The summed E-state index contributed by atoms with van der Waals surface area (Å²) in [5.41, 5.74) is 0. The largest absolute Gasteiger partial charge is 0.481 e. The Morgan fingerprint density at radius 3 is 1.27 bits per heavy atom. The number of carbonyl (C=O) groups is 2. The Morgan fingerprint density at radius 2 is 0.812 bits per heavy atom. The van der Waals surface area contributed by atoms with E-state index in [1.165, 1.54) is 135 Å². The highest BCUT2D eigenvalue weighted by atomic mass is 16.5. The van der Waals surface area contributed by atoms with E-state index >= 15 is 0 Å². The zero-order valence-electron chi connectivity index (χ0n) is 32.3. The number of allylic oxidation sites excluding steroid dienone is 4. The van der Waals surface area contributed by atoms with E-state index in [0.717, 1.165) is 77.0 Å². The lowest BCUT2D eigenvalue weighted by molar-refractivity contribution is -0.150. The molecule has 0 fully saturated rings. The first-order chi connectivity index (χ1) is 23.6. The number of aliphatic carboxylic acids is 1. The molecular weight excluding hydrogens is 592 g/mol. The van der Waals surface area contributed by atoms with E-state index in [4.69, 9.17) is 9.84 Å². The third kappa shape index (κ3) is 38.9. The van der Waals surface area contributed by atoms with Crippen molar-refractivity contribution in [1.29, 1.82) is 0 Å². The Kier molecular flexibility index (Phi) is 38.5. The molecule has 0 aromatic heterocycles. The molecule has 4 heteroatoms. The predicted molar refractivity (Wildman–Crippen MR) is 209 cm³/mol. The SMILES string of the molecule is CCCCC/C=C\C/C=C\CCCCCCCCCC(=O)OC(CCCCCCCCCCCCCC)CCCCCCCCC(=O)O. The van der Waals surface area contributed by atoms with Crippen molar-refractivity contribution in [2.24, 2.45) is 0 Å². The molecule has 4 nitrogen and oxygen atoms in total. The van der Waals surface area contributed by atoms with Gasteiger partial charge in [0.2, 0.25) is 0 Å². The molecule has 0 rings (SSSR count). The molecular formula is C44H82O4. The quantitative estimate of drug-likeness (QED) is 0.0400. The van der Waals surface area contributed by atoms with E-state index in [1.807, 2.05) is 0 Å². The number of ether oxygens (including phenoxy) is 1. The summed E-state index contributed by atoms with van der Waals surface area (Å²) in [5.74, 6) is -0.682. The van der Waals surface area contributed by atoms with Gasteiger partial charge in [0, 0.05) is 12.8 Å². The molecule has 48 heavy (non-hydrogen) atoms. The van der Waals surface area contributed by atoms with Crippen LogP contribution in [0.5, 0.6) is 0 Å². The molecule has 0 saturated heterocycles. The van der Waals surface area contributed by atoms with Crippen molar-refractivity contribution in [2.45, 2.75) is 245 Å². The van der Waals surface area contributed by atoms with Crippen molar-refractivity contribution in [3.05, 3.63) is 24.3 Å². The number of unbranched alkanes of at least 4 members (excludes halogenated alkanes) is 26. The molecule has 0 aromatic rings. The van der Waals surface area contributed by atoms with Crippen LogP contribution in [0.15, 0.2) is 24.3 Å². The highest BCUT2D eigenvalue weighted by molar-refractivity contribution is 5.69. The maximum atomic E-state index is 12.7. The van der Waals surface area contributed by atoms with Gasteiger partial charge in [-0.1, -0.05) is 179 Å². The van der Waals surface area contributed by atoms with E-state index in [0.29, 0.717) is 6.42 Å². The van der Waals surface area contributed by atoms with Gasteiger partial charge in [-0.15, -0.1) is 0 Å². The van der Waals surface area contributed by atoms with Gasteiger partial charge in [0.15, 0.2) is 0 Å². The van der Waals surface area contributed by atoms with E-state index in [-0.39, 0.29) is 18.5 Å². The third-order valence-electron chi connectivity index (χ3n) is 9.68. The number of esters is 1. The molecule has 0 aliphatic carbocycles. The third-order valence-corrected chi connectivity index (χ3v) is 9.68. The van der Waals surface area contributed by atoms with Crippen molar-refractivity contribution in [1.82, 2.24) is 0 Å². The summed E-state index contributed by atoms with van der Waals surface area (Å²) < 4.78 is 6.04. The first kappa shape index (κ1) is 46.4. The minimum absolute atomic E-state index is 0.00944. The lowest BCUT2D eigenvalue weighted by atomic mass is 10.0. The predicted octanol–water partition coefficient (Wildman–Crippen LogP) is 14.8. The average molecular weight is 675 g/mol.